The van der Waals surface area contributed by atoms with Crippen LogP contribution in [-0.4, -0.2) is 15.5 Å². The third kappa shape index (κ3) is 2.34. The maximum Gasteiger partial charge on any atom is 0.351 e. The van der Waals surface area contributed by atoms with Crippen LogP contribution in [0.3, 0.4) is 0 Å². The Morgan fingerprint density at radius 1 is 1.17 bits per heavy atom. The van der Waals surface area contributed by atoms with E-state index in [9.17, 15) is 9.59 Å². The quantitative estimate of drug-likeness (QED) is 0.322. The van der Waals surface area contributed by atoms with Crippen molar-refractivity contribution in [2.45, 2.75) is 0 Å². The Labute approximate surface area is 135 Å². The molecular formula is C18H12N2O4. The standard InChI is InChI=1S/C18H12N2O4/c1-20-10-19-14-9-12(6-7-15(14)20)23-17(21)13-8-11-4-2-3-5-16(11)24-18(13)22/h2-10H,1H3. The van der Waals surface area contributed by atoms with Crippen molar-refractivity contribution in [1.82, 2.24) is 9.55 Å². The summed E-state index contributed by atoms with van der Waals surface area (Å²) < 4.78 is 12.3. The van der Waals surface area contributed by atoms with Crippen molar-refractivity contribution in [3.8, 4) is 5.75 Å². The number of carbonyl (C=O) groups excluding carboxylic acids is 1. The van der Waals surface area contributed by atoms with Crippen molar-refractivity contribution in [3.63, 3.8) is 0 Å². The van der Waals surface area contributed by atoms with Crippen molar-refractivity contribution >= 4 is 28.0 Å². The fourth-order valence-corrected chi connectivity index (χ4v) is 2.55. The number of hydrogen-bond acceptors (Lipinski definition) is 5. The van der Waals surface area contributed by atoms with Gasteiger partial charge in [0, 0.05) is 18.5 Å². The van der Waals surface area contributed by atoms with E-state index in [0.29, 0.717) is 22.2 Å². The summed E-state index contributed by atoms with van der Waals surface area (Å²) in [6.45, 7) is 0. The SMILES string of the molecule is Cn1cnc2cc(OC(=O)c3cc4ccccc4oc3=O)ccc21. The predicted molar refractivity (Wildman–Crippen MR) is 88.2 cm³/mol. The highest BCUT2D eigenvalue weighted by molar-refractivity contribution is 5.94. The van der Waals surface area contributed by atoms with Crippen LogP contribution in [0.2, 0.25) is 0 Å². The molecule has 0 spiro atoms. The largest absolute Gasteiger partial charge is 0.423 e. The Morgan fingerprint density at radius 2 is 2.00 bits per heavy atom. The molecule has 0 N–H and O–H groups in total. The Bertz CT molecular complexity index is 1140. The van der Waals surface area contributed by atoms with Gasteiger partial charge in [-0.2, -0.15) is 0 Å². The van der Waals surface area contributed by atoms with Crippen molar-refractivity contribution in [1.29, 1.82) is 0 Å². The van der Waals surface area contributed by atoms with E-state index < -0.39 is 11.6 Å². The van der Waals surface area contributed by atoms with Crippen LogP contribution in [0, 0.1) is 0 Å². The minimum Gasteiger partial charge on any atom is -0.423 e. The third-order valence-corrected chi connectivity index (χ3v) is 3.77. The summed E-state index contributed by atoms with van der Waals surface area (Å²) >= 11 is 0. The second-order valence-corrected chi connectivity index (χ2v) is 5.38. The van der Waals surface area contributed by atoms with E-state index >= 15 is 0 Å². The van der Waals surface area contributed by atoms with Crippen LogP contribution in [-0.2, 0) is 7.05 Å². The van der Waals surface area contributed by atoms with Crippen LogP contribution in [0.25, 0.3) is 22.0 Å². The van der Waals surface area contributed by atoms with Gasteiger partial charge in [0.25, 0.3) is 0 Å². The van der Waals surface area contributed by atoms with Crippen LogP contribution in [0.15, 0.2) is 64.1 Å². The summed E-state index contributed by atoms with van der Waals surface area (Å²) in [6, 6.07) is 13.6. The zero-order valence-electron chi connectivity index (χ0n) is 12.7. The maximum absolute atomic E-state index is 12.3. The van der Waals surface area contributed by atoms with Gasteiger partial charge >= 0.3 is 11.6 Å². The number of para-hydroxylation sites is 1. The molecule has 0 radical (unpaired) electrons. The lowest BCUT2D eigenvalue weighted by atomic mass is 10.2. The number of imidazole rings is 1. The summed E-state index contributed by atoms with van der Waals surface area (Å²) in [4.78, 5) is 28.5. The molecule has 0 aliphatic rings. The molecule has 0 saturated carbocycles. The number of esters is 1. The first kappa shape index (κ1) is 14.2. The number of carbonyl (C=O) groups is 1. The first-order chi connectivity index (χ1) is 11.6. The average Bonchev–Trinajstić information content (AvgIpc) is 2.94. The normalized spacial score (nSPS) is 11.0. The summed E-state index contributed by atoms with van der Waals surface area (Å²) in [7, 11) is 1.88. The number of nitrogens with zero attached hydrogens (tertiary/aromatic N) is 2. The molecular weight excluding hydrogens is 308 g/mol. The zero-order valence-corrected chi connectivity index (χ0v) is 12.7. The molecule has 0 unspecified atom stereocenters. The molecule has 4 aromatic rings. The van der Waals surface area contributed by atoms with Gasteiger partial charge < -0.3 is 13.7 Å². The molecule has 2 aromatic heterocycles. The molecule has 0 aliphatic carbocycles. The summed E-state index contributed by atoms with van der Waals surface area (Å²) in [5.74, 6) is -0.441. The van der Waals surface area contributed by atoms with E-state index in [4.69, 9.17) is 9.15 Å². The molecule has 118 valence electrons. The molecule has 24 heavy (non-hydrogen) atoms. The van der Waals surface area contributed by atoms with E-state index in [1.807, 2.05) is 11.6 Å². The molecule has 0 bridgehead atoms. The van der Waals surface area contributed by atoms with E-state index in [2.05, 4.69) is 4.98 Å². The van der Waals surface area contributed by atoms with Crippen molar-refractivity contribution < 1.29 is 13.9 Å². The molecule has 0 fully saturated rings. The van der Waals surface area contributed by atoms with Crippen LogP contribution >= 0.6 is 0 Å². The molecule has 0 saturated heterocycles. The number of aryl methyl sites for hydroxylation is 1. The minimum absolute atomic E-state index is 0.144. The summed E-state index contributed by atoms with van der Waals surface area (Å²) in [6.07, 6.45) is 1.67. The lowest BCUT2D eigenvalue weighted by molar-refractivity contribution is 0.0731. The van der Waals surface area contributed by atoms with Crippen LogP contribution < -0.4 is 10.4 Å². The highest BCUT2D eigenvalue weighted by Crippen LogP contribution is 2.20. The number of fused-ring (bicyclic) bond motifs is 2. The molecule has 2 heterocycles. The lowest BCUT2D eigenvalue weighted by Crippen LogP contribution is -2.18. The number of benzene rings is 2. The molecule has 4 rings (SSSR count). The maximum atomic E-state index is 12.3. The van der Waals surface area contributed by atoms with Crippen molar-refractivity contribution in [2.75, 3.05) is 0 Å². The fraction of sp³-hybridized carbons (Fsp3) is 0.0556. The van der Waals surface area contributed by atoms with Gasteiger partial charge in [-0.3, -0.25) is 0 Å². The van der Waals surface area contributed by atoms with E-state index in [1.54, 1.807) is 48.8 Å². The van der Waals surface area contributed by atoms with Crippen LogP contribution in [0.5, 0.6) is 5.75 Å². The Hall–Kier alpha value is -3.41. The summed E-state index contributed by atoms with van der Waals surface area (Å²) in [5, 5.41) is 0.657. The molecule has 0 aliphatic heterocycles. The Morgan fingerprint density at radius 3 is 2.88 bits per heavy atom. The molecule has 0 atom stereocenters. The van der Waals surface area contributed by atoms with Crippen LogP contribution in [0.4, 0.5) is 0 Å². The number of hydrogen-bond donors (Lipinski definition) is 0. The van der Waals surface area contributed by atoms with Gasteiger partial charge in [-0.25, -0.2) is 14.6 Å². The molecule has 0 amide bonds. The van der Waals surface area contributed by atoms with Gasteiger partial charge in [-0.15, -0.1) is 0 Å². The Kier molecular flexibility index (Phi) is 3.16. The highest BCUT2D eigenvalue weighted by Gasteiger charge is 2.16. The fourth-order valence-electron chi connectivity index (χ4n) is 2.55. The molecule has 2 aromatic carbocycles. The molecule has 6 nitrogen and oxygen atoms in total. The smallest absolute Gasteiger partial charge is 0.351 e. The topological polar surface area (TPSA) is 74.3 Å². The lowest BCUT2D eigenvalue weighted by Gasteiger charge is -2.04. The van der Waals surface area contributed by atoms with Crippen molar-refractivity contribution in [3.05, 3.63) is 70.8 Å². The number of ether oxygens (including phenoxy) is 1. The van der Waals surface area contributed by atoms with Gasteiger partial charge in [-0.1, -0.05) is 18.2 Å². The predicted octanol–water partition coefficient (Wildman–Crippen LogP) is 2.90. The zero-order chi connectivity index (χ0) is 16.7. The van der Waals surface area contributed by atoms with Gasteiger partial charge in [-0.05, 0) is 24.3 Å². The Balaban J connectivity index is 1.70. The van der Waals surface area contributed by atoms with Crippen LogP contribution in [0.1, 0.15) is 10.4 Å². The minimum atomic E-state index is -0.759. The van der Waals surface area contributed by atoms with Gasteiger partial charge in [0.15, 0.2) is 0 Å². The second-order valence-electron chi connectivity index (χ2n) is 5.38. The monoisotopic (exact) mass is 320 g/mol. The van der Waals surface area contributed by atoms with Crippen molar-refractivity contribution in [2.24, 2.45) is 7.05 Å². The first-order valence-electron chi connectivity index (χ1n) is 7.28. The van der Waals surface area contributed by atoms with Gasteiger partial charge in [0.2, 0.25) is 0 Å². The summed E-state index contributed by atoms with van der Waals surface area (Å²) in [5.41, 5.74) is 1.18. The molecule has 6 heteroatoms. The first-order valence-corrected chi connectivity index (χ1v) is 7.28. The van der Waals surface area contributed by atoms with E-state index in [1.165, 1.54) is 6.07 Å². The average molecular weight is 320 g/mol. The highest BCUT2D eigenvalue weighted by atomic mass is 16.5. The van der Waals surface area contributed by atoms with Gasteiger partial charge in [0.1, 0.15) is 16.9 Å². The van der Waals surface area contributed by atoms with Gasteiger partial charge in [0.05, 0.1) is 17.4 Å². The third-order valence-electron chi connectivity index (χ3n) is 3.77. The van der Waals surface area contributed by atoms with E-state index in [-0.39, 0.29) is 5.56 Å². The number of rotatable bonds is 2. The number of aromatic nitrogens is 2. The second kappa shape index (κ2) is 5.34. The van der Waals surface area contributed by atoms with E-state index in [0.717, 1.165) is 5.52 Å².